The van der Waals surface area contributed by atoms with Gasteiger partial charge in [0.05, 0.1) is 23.9 Å². The van der Waals surface area contributed by atoms with Gasteiger partial charge in [0.15, 0.2) is 5.82 Å². The fourth-order valence-electron chi connectivity index (χ4n) is 2.64. The van der Waals surface area contributed by atoms with E-state index < -0.39 is 0 Å². The highest BCUT2D eigenvalue weighted by molar-refractivity contribution is 7.07. The number of hydrogen-bond acceptors (Lipinski definition) is 7. The molecule has 0 unspecified atom stereocenters. The third kappa shape index (κ3) is 2.58. The van der Waals surface area contributed by atoms with Crippen LogP contribution < -0.4 is 5.56 Å². The molecule has 1 aliphatic rings. The summed E-state index contributed by atoms with van der Waals surface area (Å²) in [5, 5.41) is 1.72. The van der Waals surface area contributed by atoms with E-state index in [1.807, 2.05) is 0 Å². The van der Waals surface area contributed by atoms with E-state index in [1.165, 1.54) is 23.7 Å². The van der Waals surface area contributed by atoms with Crippen LogP contribution in [-0.2, 0) is 13.0 Å². The number of aromatic amines is 1. The van der Waals surface area contributed by atoms with E-state index in [-0.39, 0.29) is 18.0 Å². The molecular formula is C15H12N6O2S. The molecule has 0 bridgehead atoms. The van der Waals surface area contributed by atoms with Crippen LogP contribution >= 0.6 is 11.3 Å². The Morgan fingerprint density at radius 2 is 2.21 bits per heavy atom. The van der Waals surface area contributed by atoms with Crippen molar-refractivity contribution in [2.24, 2.45) is 0 Å². The first-order chi connectivity index (χ1) is 11.7. The van der Waals surface area contributed by atoms with Gasteiger partial charge in [-0.15, -0.1) is 11.3 Å². The Balaban J connectivity index is 1.69. The van der Waals surface area contributed by atoms with Gasteiger partial charge in [0, 0.05) is 29.9 Å². The van der Waals surface area contributed by atoms with Gasteiger partial charge in [-0.05, 0) is 6.42 Å². The van der Waals surface area contributed by atoms with Gasteiger partial charge < -0.3 is 9.88 Å². The van der Waals surface area contributed by atoms with Crippen LogP contribution in [0.2, 0.25) is 0 Å². The molecule has 3 aromatic rings. The Kier molecular flexibility index (Phi) is 3.62. The number of rotatable bonds is 2. The first-order valence-corrected chi connectivity index (χ1v) is 8.22. The Labute approximate surface area is 140 Å². The van der Waals surface area contributed by atoms with Crippen molar-refractivity contribution in [3.05, 3.63) is 56.8 Å². The zero-order chi connectivity index (χ0) is 16.5. The fraction of sp³-hybridized carbons (Fsp3) is 0.200. The second-order valence-electron chi connectivity index (χ2n) is 5.28. The largest absolute Gasteiger partial charge is 0.331 e. The minimum Gasteiger partial charge on any atom is -0.331 e. The van der Waals surface area contributed by atoms with Crippen LogP contribution in [-0.4, -0.2) is 42.3 Å². The third-order valence-electron chi connectivity index (χ3n) is 3.82. The summed E-state index contributed by atoms with van der Waals surface area (Å²) >= 11 is 1.38. The molecule has 3 aromatic heterocycles. The zero-order valence-corrected chi connectivity index (χ0v) is 13.3. The first-order valence-electron chi connectivity index (χ1n) is 7.28. The second kappa shape index (κ2) is 5.93. The van der Waals surface area contributed by atoms with Crippen LogP contribution in [0.4, 0.5) is 0 Å². The van der Waals surface area contributed by atoms with Crippen molar-refractivity contribution in [3.63, 3.8) is 0 Å². The summed E-state index contributed by atoms with van der Waals surface area (Å²) in [6.45, 7) is 0.751. The zero-order valence-electron chi connectivity index (χ0n) is 12.5. The van der Waals surface area contributed by atoms with Crippen LogP contribution in [0.1, 0.15) is 21.7 Å². The number of carbonyl (C=O) groups is 1. The van der Waals surface area contributed by atoms with Crippen LogP contribution in [0, 0.1) is 0 Å². The smallest absolute Gasteiger partial charge is 0.273 e. The number of H-pyrrole nitrogens is 1. The van der Waals surface area contributed by atoms with Gasteiger partial charge in [-0.2, -0.15) is 0 Å². The van der Waals surface area contributed by atoms with E-state index in [0.717, 1.165) is 0 Å². The molecule has 0 saturated heterocycles. The van der Waals surface area contributed by atoms with Crippen molar-refractivity contribution in [1.82, 2.24) is 29.8 Å². The van der Waals surface area contributed by atoms with Crippen molar-refractivity contribution in [1.29, 1.82) is 0 Å². The van der Waals surface area contributed by atoms with E-state index in [9.17, 15) is 9.59 Å². The topological polar surface area (TPSA) is 105 Å². The lowest BCUT2D eigenvalue weighted by Gasteiger charge is -2.27. The molecule has 0 aromatic carbocycles. The number of amides is 1. The van der Waals surface area contributed by atoms with Crippen molar-refractivity contribution in [2.45, 2.75) is 13.0 Å². The summed E-state index contributed by atoms with van der Waals surface area (Å²) in [6.07, 6.45) is 5.08. The highest BCUT2D eigenvalue weighted by Gasteiger charge is 2.26. The van der Waals surface area contributed by atoms with Gasteiger partial charge in [0.1, 0.15) is 11.4 Å². The Morgan fingerprint density at radius 1 is 1.29 bits per heavy atom. The van der Waals surface area contributed by atoms with Crippen LogP contribution in [0.5, 0.6) is 0 Å². The minimum absolute atomic E-state index is 0.148. The van der Waals surface area contributed by atoms with Gasteiger partial charge in [-0.3, -0.25) is 14.6 Å². The van der Waals surface area contributed by atoms with E-state index >= 15 is 0 Å². The lowest BCUT2D eigenvalue weighted by molar-refractivity contribution is 0.0726. The maximum atomic E-state index is 12.4. The van der Waals surface area contributed by atoms with Crippen LogP contribution in [0.15, 0.2) is 34.3 Å². The molecule has 8 nitrogen and oxygen atoms in total. The number of nitrogens with zero attached hydrogens (tertiary/aromatic N) is 5. The van der Waals surface area contributed by atoms with E-state index in [2.05, 4.69) is 24.9 Å². The average Bonchev–Trinajstić information content (AvgIpc) is 3.16. The Hall–Kier alpha value is -2.94. The molecule has 0 saturated carbocycles. The standard InChI is InChI=1S/C15H12N6O2S/c22-14-9-1-4-21(15(23)12-7-24-8-18-12)6-11(9)19-13(20-14)10-5-16-2-3-17-10/h2-3,5,7-8H,1,4,6H2,(H,19,20,22). The normalized spacial score (nSPS) is 13.6. The van der Waals surface area contributed by atoms with Gasteiger partial charge in [-0.25, -0.2) is 15.0 Å². The third-order valence-corrected chi connectivity index (χ3v) is 4.40. The predicted octanol–water partition coefficient (Wildman–Crippen LogP) is 0.882. The summed E-state index contributed by atoms with van der Waals surface area (Å²) in [5.41, 5.74) is 3.55. The number of thiazole rings is 1. The lowest BCUT2D eigenvalue weighted by atomic mass is 10.1. The second-order valence-corrected chi connectivity index (χ2v) is 6.00. The molecule has 0 atom stereocenters. The Morgan fingerprint density at radius 3 is 2.96 bits per heavy atom. The number of hydrogen-bond donors (Lipinski definition) is 1. The highest BCUT2D eigenvalue weighted by Crippen LogP contribution is 2.18. The SMILES string of the molecule is O=C(c1cscn1)N1CCc2c(nc(-c3cnccn3)[nH]c2=O)C1. The van der Waals surface area contributed by atoms with Gasteiger partial charge in [0.25, 0.3) is 11.5 Å². The van der Waals surface area contributed by atoms with Crippen LogP contribution in [0.25, 0.3) is 11.5 Å². The summed E-state index contributed by atoms with van der Waals surface area (Å²) in [6, 6.07) is 0. The lowest BCUT2D eigenvalue weighted by Crippen LogP contribution is -2.39. The van der Waals surface area contributed by atoms with Crippen molar-refractivity contribution < 1.29 is 4.79 Å². The maximum absolute atomic E-state index is 12.4. The first kappa shape index (κ1) is 14.6. The molecule has 1 aliphatic heterocycles. The minimum atomic E-state index is -0.193. The molecule has 0 spiro atoms. The quantitative estimate of drug-likeness (QED) is 0.742. The molecule has 1 N–H and O–H groups in total. The maximum Gasteiger partial charge on any atom is 0.273 e. The molecule has 4 rings (SSSR count). The number of carbonyl (C=O) groups excluding carboxylic acids is 1. The summed E-state index contributed by atoms with van der Waals surface area (Å²) < 4.78 is 0. The molecule has 9 heteroatoms. The Bertz CT molecular complexity index is 938. The van der Waals surface area contributed by atoms with Crippen molar-refractivity contribution in [2.75, 3.05) is 6.54 Å². The van der Waals surface area contributed by atoms with Gasteiger partial charge in [-0.1, -0.05) is 0 Å². The van der Waals surface area contributed by atoms with E-state index in [4.69, 9.17) is 0 Å². The molecule has 120 valence electrons. The molecule has 0 fully saturated rings. The monoisotopic (exact) mass is 340 g/mol. The fourth-order valence-corrected chi connectivity index (χ4v) is 3.16. The average molecular weight is 340 g/mol. The molecule has 24 heavy (non-hydrogen) atoms. The van der Waals surface area contributed by atoms with Crippen LogP contribution in [0.3, 0.4) is 0 Å². The number of aromatic nitrogens is 5. The molecular weight excluding hydrogens is 328 g/mol. The van der Waals surface area contributed by atoms with E-state index in [1.54, 1.807) is 22.0 Å². The molecule has 1 amide bonds. The summed E-state index contributed by atoms with van der Waals surface area (Å²) in [7, 11) is 0. The number of fused-ring (bicyclic) bond motifs is 1. The predicted molar refractivity (Wildman–Crippen MR) is 86.4 cm³/mol. The summed E-state index contributed by atoms with van der Waals surface area (Å²) in [5.74, 6) is 0.208. The van der Waals surface area contributed by atoms with E-state index in [0.29, 0.717) is 41.4 Å². The van der Waals surface area contributed by atoms with Crippen molar-refractivity contribution >= 4 is 17.2 Å². The van der Waals surface area contributed by atoms with Gasteiger partial charge in [0.2, 0.25) is 0 Å². The summed E-state index contributed by atoms with van der Waals surface area (Å²) in [4.78, 5) is 45.8. The molecule has 0 radical (unpaired) electrons. The number of nitrogens with one attached hydrogen (secondary N) is 1. The highest BCUT2D eigenvalue weighted by atomic mass is 32.1. The van der Waals surface area contributed by atoms with Crippen molar-refractivity contribution in [3.8, 4) is 11.5 Å². The molecule has 4 heterocycles. The molecule has 0 aliphatic carbocycles. The van der Waals surface area contributed by atoms with Gasteiger partial charge >= 0.3 is 0 Å².